The molecule has 0 atom stereocenters. The second-order valence-electron chi connectivity index (χ2n) is 7.14. The molecule has 0 bridgehead atoms. The standard InChI is InChI=1S/C15H28N6/c1-15(2)12-20(7-6-19(15)3)8-9-21-11-14(17-18-21)10-16-13-4-5-13/h11,13,16H,4-10,12H2,1-3H3. The molecule has 6 nitrogen and oxygen atoms in total. The molecule has 2 fully saturated rings. The maximum absolute atomic E-state index is 4.24. The van der Waals surface area contributed by atoms with Crippen LogP contribution in [0.1, 0.15) is 32.4 Å². The Morgan fingerprint density at radius 3 is 2.81 bits per heavy atom. The number of piperazine rings is 1. The summed E-state index contributed by atoms with van der Waals surface area (Å²) < 4.78 is 1.98. The molecule has 0 aromatic carbocycles. The summed E-state index contributed by atoms with van der Waals surface area (Å²) in [6, 6.07) is 0.725. The van der Waals surface area contributed by atoms with E-state index in [4.69, 9.17) is 0 Å². The number of hydrogen-bond donors (Lipinski definition) is 1. The van der Waals surface area contributed by atoms with Crippen LogP contribution in [0, 0.1) is 0 Å². The Bertz CT molecular complexity index is 464. The second kappa shape index (κ2) is 6.02. The fourth-order valence-electron chi connectivity index (χ4n) is 2.84. The van der Waals surface area contributed by atoms with Crippen molar-refractivity contribution in [1.82, 2.24) is 30.1 Å². The van der Waals surface area contributed by atoms with Gasteiger partial charge in [-0.2, -0.15) is 0 Å². The summed E-state index contributed by atoms with van der Waals surface area (Å²) in [5.74, 6) is 0. The SMILES string of the molecule is CN1CCN(CCn2cc(CNC3CC3)nn2)CC1(C)C. The molecule has 118 valence electrons. The van der Waals surface area contributed by atoms with Crippen LogP contribution in [0.4, 0.5) is 0 Å². The molecule has 1 N–H and O–H groups in total. The molecule has 1 aromatic rings. The van der Waals surface area contributed by atoms with Gasteiger partial charge in [0, 0.05) is 50.5 Å². The molecular weight excluding hydrogens is 264 g/mol. The lowest BCUT2D eigenvalue weighted by molar-refractivity contribution is 0.0379. The van der Waals surface area contributed by atoms with Crippen LogP contribution in [0.5, 0.6) is 0 Å². The van der Waals surface area contributed by atoms with E-state index in [1.165, 1.54) is 12.8 Å². The molecule has 1 aromatic heterocycles. The number of nitrogens with zero attached hydrogens (tertiary/aromatic N) is 5. The van der Waals surface area contributed by atoms with Gasteiger partial charge < -0.3 is 5.32 Å². The fraction of sp³-hybridized carbons (Fsp3) is 0.867. The molecular formula is C15H28N6. The molecule has 1 aliphatic heterocycles. The van der Waals surface area contributed by atoms with Crippen molar-refractivity contribution in [2.24, 2.45) is 0 Å². The van der Waals surface area contributed by atoms with E-state index in [2.05, 4.69) is 52.5 Å². The van der Waals surface area contributed by atoms with E-state index in [9.17, 15) is 0 Å². The molecule has 3 rings (SSSR count). The van der Waals surface area contributed by atoms with E-state index in [1.54, 1.807) is 0 Å². The molecule has 1 saturated heterocycles. The average Bonchev–Trinajstić information content (AvgIpc) is 3.16. The quantitative estimate of drug-likeness (QED) is 0.830. The normalized spacial score (nSPS) is 23.6. The Morgan fingerprint density at radius 2 is 2.10 bits per heavy atom. The van der Waals surface area contributed by atoms with Crippen molar-refractivity contribution >= 4 is 0 Å². The van der Waals surface area contributed by atoms with Gasteiger partial charge in [0.05, 0.1) is 12.2 Å². The van der Waals surface area contributed by atoms with Crippen molar-refractivity contribution in [2.75, 3.05) is 33.2 Å². The number of aromatic nitrogens is 3. The van der Waals surface area contributed by atoms with Crippen LogP contribution in [-0.2, 0) is 13.1 Å². The van der Waals surface area contributed by atoms with Crippen molar-refractivity contribution in [1.29, 1.82) is 0 Å². The largest absolute Gasteiger partial charge is 0.308 e. The topological polar surface area (TPSA) is 49.2 Å². The molecule has 0 radical (unpaired) electrons. The molecule has 2 aliphatic rings. The van der Waals surface area contributed by atoms with E-state index in [-0.39, 0.29) is 5.54 Å². The molecule has 0 unspecified atom stereocenters. The third-order valence-corrected chi connectivity index (χ3v) is 4.78. The minimum Gasteiger partial charge on any atom is -0.308 e. The highest BCUT2D eigenvalue weighted by Crippen LogP contribution is 2.19. The first-order chi connectivity index (χ1) is 10.0. The highest BCUT2D eigenvalue weighted by molar-refractivity contribution is 4.94. The molecule has 2 heterocycles. The van der Waals surface area contributed by atoms with Gasteiger partial charge >= 0.3 is 0 Å². The van der Waals surface area contributed by atoms with Crippen LogP contribution < -0.4 is 5.32 Å². The summed E-state index contributed by atoms with van der Waals surface area (Å²) >= 11 is 0. The highest BCUT2D eigenvalue weighted by Gasteiger charge is 2.30. The summed E-state index contributed by atoms with van der Waals surface area (Å²) in [6.45, 7) is 10.9. The lowest BCUT2D eigenvalue weighted by Crippen LogP contribution is -2.57. The molecule has 21 heavy (non-hydrogen) atoms. The first-order valence-corrected chi connectivity index (χ1v) is 8.09. The van der Waals surface area contributed by atoms with Crippen LogP contribution in [0.15, 0.2) is 6.20 Å². The zero-order valence-corrected chi connectivity index (χ0v) is 13.5. The Balaban J connectivity index is 1.44. The molecule has 6 heteroatoms. The number of rotatable bonds is 6. The maximum Gasteiger partial charge on any atom is 0.0964 e. The van der Waals surface area contributed by atoms with Crippen molar-refractivity contribution in [3.63, 3.8) is 0 Å². The van der Waals surface area contributed by atoms with Gasteiger partial charge in [0.1, 0.15) is 0 Å². The Morgan fingerprint density at radius 1 is 1.29 bits per heavy atom. The zero-order chi connectivity index (χ0) is 14.9. The Kier molecular flexibility index (Phi) is 4.28. The van der Waals surface area contributed by atoms with Crippen LogP contribution in [0.25, 0.3) is 0 Å². The highest BCUT2D eigenvalue weighted by atomic mass is 15.4. The maximum atomic E-state index is 4.24. The minimum atomic E-state index is 0.264. The Labute approximate surface area is 127 Å². The van der Waals surface area contributed by atoms with Crippen molar-refractivity contribution in [3.8, 4) is 0 Å². The van der Waals surface area contributed by atoms with Gasteiger partial charge in [-0.15, -0.1) is 5.10 Å². The summed E-state index contributed by atoms with van der Waals surface area (Å²) in [5.41, 5.74) is 1.32. The van der Waals surface area contributed by atoms with Crippen molar-refractivity contribution < 1.29 is 0 Å². The van der Waals surface area contributed by atoms with E-state index >= 15 is 0 Å². The van der Waals surface area contributed by atoms with Crippen LogP contribution in [-0.4, -0.2) is 69.6 Å². The number of hydrogen-bond acceptors (Lipinski definition) is 5. The van der Waals surface area contributed by atoms with Crippen molar-refractivity contribution in [2.45, 2.75) is 51.4 Å². The smallest absolute Gasteiger partial charge is 0.0964 e. The van der Waals surface area contributed by atoms with Gasteiger partial charge in [0.2, 0.25) is 0 Å². The average molecular weight is 292 g/mol. The van der Waals surface area contributed by atoms with Crippen LogP contribution >= 0.6 is 0 Å². The summed E-state index contributed by atoms with van der Waals surface area (Å²) in [7, 11) is 2.22. The first kappa shape index (κ1) is 14.9. The third kappa shape index (κ3) is 4.02. The predicted octanol–water partition coefficient (Wildman–Crippen LogP) is 0.556. The minimum absolute atomic E-state index is 0.264. The Hall–Kier alpha value is -0.980. The summed E-state index contributed by atoms with van der Waals surface area (Å²) in [6.07, 6.45) is 4.71. The third-order valence-electron chi connectivity index (χ3n) is 4.78. The molecule has 0 amide bonds. The van der Waals surface area contributed by atoms with E-state index in [0.717, 1.165) is 51.0 Å². The van der Waals surface area contributed by atoms with Gasteiger partial charge in [-0.3, -0.25) is 14.5 Å². The van der Waals surface area contributed by atoms with E-state index in [1.807, 2.05) is 4.68 Å². The number of nitrogens with one attached hydrogen (secondary N) is 1. The molecule has 1 aliphatic carbocycles. The van der Waals surface area contributed by atoms with E-state index in [0.29, 0.717) is 0 Å². The zero-order valence-electron chi connectivity index (χ0n) is 13.5. The summed E-state index contributed by atoms with van der Waals surface area (Å²) in [5, 5.41) is 12.0. The fourth-order valence-corrected chi connectivity index (χ4v) is 2.84. The second-order valence-corrected chi connectivity index (χ2v) is 7.14. The van der Waals surface area contributed by atoms with Gasteiger partial charge in [-0.1, -0.05) is 5.21 Å². The van der Waals surface area contributed by atoms with Gasteiger partial charge in [-0.25, -0.2) is 0 Å². The first-order valence-electron chi connectivity index (χ1n) is 8.09. The lowest BCUT2D eigenvalue weighted by atomic mass is 10.00. The van der Waals surface area contributed by atoms with Crippen LogP contribution in [0.2, 0.25) is 0 Å². The molecule has 1 saturated carbocycles. The molecule has 0 spiro atoms. The van der Waals surface area contributed by atoms with Crippen LogP contribution in [0.3, 0.4) is 0 Å². The van der Waals surface area contributed by atoms with Crippen molar-refractivity contribution in [3.05, 3.63) is 11.9 Å². The van der Waals surface area contributed by atoms with Gasteiger partial charge in [-0.05, 0) is 33.7 Å². The predicted molar refractivity (Wildman–Crippen MR) is 83.0 cm³/mol. The van der Waals surface area contributed by atoms with E-state index < -0.39 is 0 Å². The van der Waals surface area contributed by atoms with Gasteiger partial charge in [0.25, 0.3) is 0 Å². The monoisotopic (exact) mass is 292 g/mol. The van der Waals surface area contributed by atoms with Gasteiger partial charge in [0.15, 0.2) is 0 Å². The lowest BCUT2D eigenvalue weighted by Gasteiger charge is -2.45. The summed E-state index contributed by atoms with van der Waals surface area (Å²) in [4.78, 5) is 4.98. The number of likely N-dealkylation sites (N-methyl/N-ethyl adjacent to an activating group) is 1.